The van der Waals surface area contributed by atoms with Crippen LogP contribution in [-0.2, 0) is 13.0 Å². The molecule has 0 aliphatic carbocycles. The van der Waals surface area contributed by atoms with Crippen molar-refractivity contribution in [3.8, 4) is 11.5 Å². The number of nitrogens with one attached hydrogen (secondary N) is 1. The lowest BCUT2D eigenvalue weighted by Crippen LogP contribution is -2.19. The summed E-state index contributed by atoms with van der Waals surface area (Å²) < 4.78 is 5.21. The molecule has 0 radical (unpaired) electrons. The van der Waals surface area contributed by atoms with E-state index >= 15 is 0 Å². The molecule has 1 unspecified atom stereocenters. The lowest BCUT2D eigenvalue weighted by atomic mass is 10.0. The highest BCUT2D eigenvalue weighted by Gasteiger charge is 2.12. The summed E-state index contributed by atoms with van der Waals surface area (Å²) in [5.41, 5.74) is 2.51. The number of phenols is 2. The first-order valence-electron chi connectivity index (χ1n) is 8.29. The second-order valence-corrected chi connectivity index (χ2v) is 6.12. The Labute approximate surface area is 145 Å². The molecule has 3 rings (SSSR count). The van der Waals surface area contributed by atoms with E-state index in [0.29, 0.717) is 18.5 Å². The third-order valence-electron chi connectivity index (χ3n) is 4.38. The van der Waals surface area contributed by atoms with Crippen LogP contribution in [0.2, 0.25) is 0 Å². The number of rotatable bonds is 5. The summed E-state index contributed by atoms with van der Waals surface area (Å²) in [4.78, 5) is 11.8. The topological polar surface area (TPSA) is 82.7 Å². The van der Waals surface area contributed by atoms with Gasteiger partial charge < -0.3 is 19.9 Å². The molecule has 0 saturated carbocycles. The van der Waals surface area contributed by atoms with Crippen LogP contribution in [-0.4, -0.2) is 10.2 Å². The Morgan fingerprint density at radius 2 is 1.92 bits per heavy atom. The Morgan fingerprint density at radius 1 is 1.12 bits per heavy atom. The molecule has 0 amide bonds. The van der Waals surface area contributed by atoms with Gasteiger partial charge in [0, 0.05) is 30.1 Å². The van der Waals surface area contributed by atoms with Crippen molar-refractivity contribution in [3.63, 3.8) is 0 Å². The molecule has 130 valence electrons. The van der Waals surface area contributed by atoms with Gasteiger partial charge in [0.05, 0.1) is 0 Å². The van der Waals surface area contributed by atoms with Gasteiger partial charge in [-0.1, -0.05) is 19.1 Å². The van der Waals surface area contributed by atoms with Crippen LogP contribution in [0.25, 0.3) is 11.0 Å². The standard InChI is InChI=1S/C20H21NO4/c1-3-13-8-17-15(9-20(24)25-19(17)10-18(13)23)11-21-12(2)14-5-4-6-16(22)7-14/h4-10,12,21-23H,3,11H2,1-2H3. The van der Waals surface area contributed by atoms with E-state index in [9.17, 15) is 15.0 Å². The molecule has 0 aliphatic rings. The predicted molar refractivity (Wildman–Crippen MR) is 96.9 cm³/mol. The molecule has 5 heteroatoms. The highest BCUT2D eigenvalue weighted by atomic mass is 16.4. The Bertz CT molecular complexity index is 962. The Morgan fingerprint density at radius 3 is 2.64 bits per heavy atom. The van der Waals surface area contributed by atoms with Crippen molar-refractivity contribution in [2.45, 2.75) is 32.9 Å². The minimum Gasteiger partial charge on any atom is -0.508 e. The van der Waals surface area contributed by atoms with E-state index in [0.717, 1.165) is 22.1 Å². The molecule has 3 N–H and O–H groups in total. The molecule has 1 heterocycles. The molecule has 0 spiro atoms. The number of hydrogen-bond donors (Lipinski definition) is 3. The summed E-state index contributed by atoms with van der Waals surface area (Å²) in [5.74, 6) is 0.358. The zero-order chi connectivity index (χ0) is 18.0. The highest BCUT2D eigenvalue weighted by molar-refractivity contribution is 5.82. The molecule has 0 bridgehead atoms. The summed E-state index contributed by atoms with van der Waals surface area (Å²) in [7, 11) is 0. The lowest BCUT2D eigenvalue weighted by Gasteiger charge is -2.15. The van der Waals surface area contributed by atoms with Gasteiger partial charge in [-0.05, 0) is 48.2 Å². The maximum absolute atomic E-state index is 11.8. The SMILES string of the molecule is CCc1cc2c(CNC(C)c3cccc(O)c3)cc(=O)oc2cc1O. The molecule has 1 atom stereocenters. The first-order chi connectivity index (χ1) is 12.0. The minimum absolute atomic E-state index is 0.00263. The molecular weight excluding hydrogens is 318 g/mol. The van der Waals surface area contributed by atoms with Crippen LogP contribution in [0.15, 0.2) is 51.7 Å². The average Bonchev–Trinajstić information content (AvgIpc) is 2.58. The number of hydrogen-bond acceptors (Lipinski definition) is 5. The fourth-order valence-electron chi connectivity index (χ4n) is 2.91. The molecule has 0 aliphatic heterocycles. The number of phenolic OH excluding ortho intramolecular Hbond substituents is 2. The summed E-state index contributed by atoms with van der Waals surface area (Å²) >= 11 is 0. The van der Waals surface area contributed by atoms with E-state index in [1.807, 2.05) is 26.0 Å². The van der Waals surface area contributed by atoms with Crippen molar-refractivity contribution in [2.75, 3.05) is 0 Å². The van der Waals surface area contributed by atoms with Crippen molar-refractivity contribution < 1.29 is 14.6 Å². The molecule has 5 nitrogen and oxygen atoms in total. The lowest BCUT2D eigenvalue weighted by molar-refractivity contribution is 0.466. The third kappa shape index (κ3) is 3.67. The summed E-state index contributed by atoms with van der Waals surface area (Å²) in [6.45, 7) is 4.42. The second-order valence-electron chi connectivity index (χ2n) is 6.12. The molecule has 3 aromatic rings. The Balaban J connectivity index is 1.91. The minimum atomic E-state index is -0.446. The van der Waals surface area contributed by atoms with Gasteiger partial charge in [0.25, 0.3) is 0 Å². The van der Waals surface area contributed by atoms with Gasteiger partial charge >= 0.3 is 5.63 Å². The Kier molecular flexibility index (Phi) is 4.76. The van der Waals surface area contributed by atoms with E-state index < -0.39 is 5.63 Å². The van der Waals surface area contributed by atoms with Crippen LogP contribution in [0.3, 0.4) is 0 Å². The van der Waals surface area contributed by atoms with Crippen molar-refractivity contribution in [1.29, 1.82) is 0 Å². The number of aromatic hydroxyl groups is 2. The second kappa shape index (κ2) is 6.99. The summed E-state index contributed by atoms with van der Waals surface area (Å²) in [6.07, 6.45) is 0.688. The van der Waals surface area contributed by atoms with Crippen molar-refractivity contribution in [2.24, 2.45) is 0 Å². The zero-order valence-corrected chi connectivity index (χ0v) is 14.2. The fraction of sp³-hybridized carbons (Fsp3) is 0.250. The van der Waals surface area contributed by atoms with Crippen molar-refractivity contribution >= 4 is 11.0 Å². The van der Waals surface area contributed by atoms with E-state index in [1.165, 1.54) is 12.1 Å². The molecule has 0 fully saturated rings. The molecule has 2 aromatic carbocycles. The van der Waals surface area contributed by atoms with E-state index in [-0.39, 0.29) is 17.5 Å². The van der Waals surface area contributed by atoms with Crippen molar-refractivity contribution in [3.05, 3.63) is 69.6 Å². The van der Waals surface area contributed by atoms with Gasteiger partial charge in [-0.2, -0.15) is 0 Å². The fourth-order valence-corrected chi connectivity index (χ4v) is 2.91. The van der Waals surface area contributed by atoms with Gasteiger partial charge in [-0.15, -0.1) is 0 Å². The van der Waals surface area contributed by atoms with Crippen LogP contribution in [0.4, 0.5) is 0 Å². The van der Waals surface area contributed by atoms with E-state index in [1.54, 1.807) is 18.2 Å². The van der Waals surface area contributed by atoms with E-state index in [2.05, 4.69) is 5.32 Å². The van der Waals surface area contributed by atoms with Gasteiger partial charge in [0.15, 0.2) is 0 Å². The monoisotopic (exact) mass is 339 g/mol. The maximum Gasteiger partial charge on any atom is 0.336 e. The largest absolute Gasteiger partial charge is 0.508 e. The molecule has 25 heavy (non-hydrogen) atoms. The van der Waals surface area contributed by atoms with Gasteiger partial charge in [-0.3, -0.25) is 0 Å². The van der Waals surface area contributed by atoms with Crippen LogP contribution in [0, 0.1) is 0 Å². The number of aryl methyl sites for hydroxylation is 1. The Hall–Kier alpha value is -2.79. The van der Waals surface area contributed by atoms with Gasteiger partial charge in [-0.25, -0.2) is 4.79 Å². The summed E-state index contributed by atoms with van der Waals surface area (Å²) in [6, 6.07) is 11.9. The van der Waals surface area contributed by atoms with Crippen LogP contribution in [0.5, 0.6) is 11.5 Å². The normalized spacial score (nSPS) is 12.4. The first kappa shape index (κ1) is 17.0. The molecule has 0 saturated heterocycles. The quantitative estimate of drug-likeness (QED) is 0.619. The average molecular weight is 339 g/mol. The van der Waals surface area contributed by atoms with Crippen LogP contribution < -0.4 is 10.9 Å². The predicted octanol–water partition coefficient (Wildman–Crippen LogP) is 3.62. The first-order valence-corrected chi connectivity index (χ1v) is 8.29. The van der Waals surface area contributed by atoms with Gasteiger partial charge in [0.1, 0.15) is 17.1 Å². The molecular formula is C20H21NO4. The van der Waals surface area contributed by atoms with Gasteiger partial charge in [0.2, 0.25) is 0 Å². The number of benzene rings is 2. The van der Waals surface area contributed by atoms with Crippen LogP contribution in [0.1, 0.15) is 36.6 Å². The smallest absolute Gasteiger partial charge is 0.336 e. The zero-order valence-electron chi connectivity index (χ0n) is 14.2. The van der Waals surface area contributed by atoms with Crippen molar-refractivity contribution in [1.82, 2.24) is 5.32 Å². The highest BCUT2D eigenvalue weighted by Crippen LogP contribution is 2.27. The maximum atomic E-state index is 11.8. The summed E-state index contributed by atoms with van der Waals surface area (Å²) in [5, 5.41) is 23.8. The third-order valence-corrected chi connectivity index (χ3v) is 4.38. The molecule has 1 aromatic heterocycles. The van der Waals surface area contributed by atoms with Crippen LogP contribution >= 0.6 is 0 Å². The van der Waals surface area contributed by atoms with E-state index in [4.69, 9.17) is 4.42 Å². The number of fused-ring (bicyclic) bond motifs is 1.